The van der Waals surface area contributed by atoms with Crippen molar-refractivity contribution in [3.05, 3.63) is 70.7 Å². The van der Waals surface area contributed by atoms with E-state index in [1.807, 2.05) is 43.0 Å². The maximum absolute atomic E-state index is 12.9. The molecule has 0 aliphatic carbocycles. The third kappa shape index (κ3) is 6.12. The average Bonchev–Trinajstić information content (AvgIpc) is 3.02. The number of hydrogen-bond donors (Lipinski definition) is 0. The van der Waals surface area contributed by atoms with E-state index in [0.717, 1.165) is 34.8 Å². The Kier molecular flexibility index (Phi) is 7.28. The summed E-state index contributed by atoms with van der Waals surface area (Å²) in [6, 6.07) is 9.84. The molecule has 10 heteroatoms. The van der Waals surface area contributed by atoms with Gasteiger partial charge in [-0.3, -0.25) is 4.79 Å². The smallest absolute Gasteiger partial charge is 0.417 e. The van der Waals surface area contributed by atoms with E-state index in [1.54, 1.807) is 4.90 Å². The van der Waals surface area contributed by atoms with Crippen molar-refractivity contribution >= 4 is 11.7 Å². The Morgan fingerprint density at radius 2 is 1.83 bits per heavy atom. The van der Waals surface area contributed by atoms with Crippen molar-refractivity contribution in [2.75, 3.05) is 31.1 Å². The van der Waals surface area contributed by atoms with Crippen molar-refractivity contribution < 1.29 is 27.2 Å². The van der Waals surface area contributed by atoms with Crippen molar-refractivity contribution in [2.24, 2.45) is 0 Å². The van der Waals surface area contributed by atoms with Gasteiger partial charge in [0.2, 0.25) is 5.91 Å². The van der Waals surface area contributed by atoms with Gasteiger partial charge in [-0.25, -0.2) is 4.98 Å². The molecule has 1 saturated heterocycles. The molecule has 1 fully saturated rings. The Labute approximate surface area is 201 Å². The first-order valence-electron chi connectivity index (χ1n) is 11.4. The van der Waals surface area contributed by atoms with Crippen LogP contribution in [0.4, 0.5) is 19.0 Å². The number of halogens is 3. The average molecular weight is 489 g/mol. The molecule has 0 N–H and O–H groups in total. The lowest BCUT2D eigenvalue weighted by Gasteiger charge is -2.23. The predicted octanol–water partition coefficient (Wildman–Crippen LogP) is 4.57. The quantitative estimate of drug-likeness (QED) is 0.507. The monoisotopic (exact) mass is 488 g/mol. The van der Waals surface area contributed by atoms with Gasteiger partial charge < -0.3 is 19.1 Å². The standard InChI is InChI=1S/C25H27F3N4O3/c1-17-22(18(2)35-30-17)16-34-21-7-4-19(5-8-21)14-24(33)32-11-3-10-31(12-13-32)23-9-6-20(15-29-23)25(26,27)28/h4-9,15H,3,10-14,16H2,1-2H3. The summed E-state index contributed by atoms with van der Waals surface area (Å²) in [4.78, 5) is 20.6. The molecule has 7 nitrogen and oxygen atoms in total. The first-order valence-corrected chi connectivity index (χ1v) is 11.4. The van der Waals surface area contributed by atoms with Gasteiger partial charge in [-0.2, -0.15) is 13.2 Å². The van der Waals surface area contributed by atoms with Gasteiger partial charge in [-0.05, 0) is 50.1 Å². The van der Waals surface area contributed by atoms with Gasteiger partial charge in [0, 0.05) is 32.4 Å². The lowest BCUT2D eigenvalue weighted by Crippen LogP contribution is -2.36. The van der Waals surface area contributed by atoms with Crippen molar-refractivity contribution in [2.45, 2.75) is 39.5 Å². The minimum absolute atomic E-state index is 0.0108. The highest BCUT2D eigenvalue weighted by Crippen LogP contribution is 2.29. The Morgan fingerprint density at radius 1 is 1.06 bits per heavy atom. The van der Waals surface area contributed by atoms with E-state index >= 15 is 0 Å². The molecule has 1 amide bonds. The number of benzene rings is 1. The molecule has 186 valence electrons. The van der Waals surface area contributed by atoms with Crippen molar-refractivity contribution in [3.63, 3.8) is 0 Å². The summed E-state index contributed by atoms with van der Waals surface area (Å²) in [7, 11) is 0. The highest BCUT2D eigenvalue weighted by atomic mass is 19.4. The second kappa shape index (κ2) is 10.4. The predicted molar refractivity (Wildman–Crippen MR) is 123 cm³/mol. The van der Waals surface area contributed by atoms with E-state index in [4.69, 9.17) is 9.26 Å². The summed E-state index contributed by atoms with van der Waals surface area (Å²) in [5.74, 6) is 1.92. The number of carbonyl (C=O) groups is 1. The summed E-state index contributed by atoms with van der Waals surface area (Å²) in [5, 5.41) is 3.92. The summed E-state index contributed by atoms with van der Waals surface area (Å²) in [6.45, 7) is 6.28. The second-order valence-electron chi connectivity index (χ2n) is 8.54. The first-order chi connectivity index (χ1) is 16.7. The fourth-order valence-electron chi connectivity index (χ4n) is 3.99. The Morgan fingerprint density at radius 3 is 2.46 bits per heavy atom. The van der Waals surface area contributed by atoms with Crippen LogP contribution >= 0.6 is 0 Å². The zero-order chi connectivity index (χ0) is 25.0. The lowest BCUT2D eigenvalue weighted by molar-refractivity contribution is -0.137. The highest BCUT2D eigenvalue weighted by molar-refractivity contribution is 5.79. The third-order valence-electron chi connectivity index (χ3n) is 6.09. The van der Waals surface area contributed by atoms with Gasteiger partial charge in [-0.1, -0.05) is 17.3 Å². The molecule has 1 aliphatic rings. The van der Waals surface area contributed by atoms with Gasteiger partial charge in [0.05, 0.1) is 23.2 Å². The van der Waals surface area contributed by atoms with Gasteiger partial charge in [-0.15, -0.1) is 0 Å². The highest BCUT2D eigenvalue weighted by Gasteiger charge is 2.31. The molecule has 3 aromatic rings. The van der Waals surface area contributed by atoms with Gasteiger partial charge in [0.25, 0.3) is 0 Å². The number of ether oxygens (including phenoxy) is 1. The van der Waals surface area contributed by atoms with Gasteiger partial charge >= 0.3 is 6.18 Å². The Balaban J connectivity index is 1.29. The van der Waals surface area contributed by atoms with Crippen molar-refractivity contribution in [3.8, 4) is 5.75 Å². The molecule has 4 rings (SSSR count). The minimum Gasteiger partial charge on any atom is -0.489 e. The molecule has 35 heavy (non-hydrogen) atoms. The van der Waals surface area contributed by atoms with Crippen LogP contribution in [0.5, 0.6) is 5.75 Å². The van der Waals surface area contributed by atoms with Crippen LogP contribution in [-0.4, -0.2) is 47.1 Å². The number of alkyl halides is 3. The third-order valence-corrected chi connectivity index (χ3v) is 6.09. The first kappa shape index (κ1) is 24.6. The Hall–Kier alpha value is -3.56. The fourth-order valence-corrected chi connectivity index (χ4v) is 3.99. The van der Waals surface area contributed by atoms with Crippen LogP contribution in [0.3, 0.4) is 0 Å². The molecular formula is C25H27F3N4O3. The molecular weight excluding hydrogens is 461 g/mol. The van der Waals surface area contributed by atoms with Crippen LogP contribution in [0.15, 0.2) is 47.1 Å². The van der Waals surface area contributed by atoms with Gasteiger partial charge in [0.15, 0.2) is 0 Å². The number of hydrogen-bond acceptors (Lipinski definition) is 6. The number of pyridine rings is 1. The maximum Gasteiger partial charge on any atom is 0.417 e. The number of carbonyl (C=O) groups excluding carboxylic acids is 1. The van der Waals surface area contributed by atoms with Crippen LogP contribution < -0.4 is 9.64 Å². The van der Waals surface area contributed by atoms with E-state index in [1.165, 1.54) is 6.07 Å². The molecule has 0 saturated carbocycles. The van der Waals surface area contributed by atoms with E-state index in [0.29, 0.717) is 50.8 Å². The largest absolute Gasteiger partial charge is 0.489 e. The molecule has 0 atom stereocenters. The van der Waals surface area contributed by atoms with E-state index < -0.39 is 11.7 Å². The molecule has 1 aromatic carbocycles. The van der Waals surface area contributed by atoms with Crippen LogP contribution in [0.1, 0.15) is 34.6 Å². The molecule has 0 bridgehead atoms. The minimum atomic E-state index is -4.41. The number of amides is 1. The van der Waals surface area contributed by atoms with Crippen LogP contribution in [0.2, 0.25) is 0 Å². The topological polar surface area (TPSA) is 71.7 Å². The van der Waals surface area contributed by atoms with Crippen LogP contribution in [0.25, 0.3) is 0 Å². The zero-order valence-electron chi connectivity index (χ0n) is 19.6. The summed E-state index contributed by atoms with van der Waals surface area (Å²) in [6.07, 6.45) is -2.58. The zero-order valence-corrected chi connectivity index (χ0v) is 19.6. The van der Waals surface area contributed by atoms with Crippen LogP contribution in [0, 0.1) is 13.8 Å². The summed E-state index contributed by atoms with van der Waals surface area (Å²) >= 11 is 0. The number of aromatic nitrogens is 2. The van der Waals surface area contributed by atoms with Crippen molar-refractivity contribution in [1.29, 1.82) is 0 Å². The molecule has 3 heterocycles. The maximum atomic E-state index is 12.9. The van der Waals surface area contributed by atoms with Crippen molar-refractivity contribution in [1.82, 2.24) is 15.0 Å². The summed E-state index contributed by atoms with van der Waals surface area (Å²) < 4.78 is 49.3. The van der Waals surface area contributed by atoms with Crippen LogP contribution in [-0.2, 0) is 24.0 Å². The van der Waals surface area contributed by atoms with E-state index in [-0.39, 0.29) is 12.3 Å². The number of rotatable bonds is 6. The lowest BCUT2D eigenvalue weighted by atomic mass is 10.1. The number of anilines is 1. The SMILES string of the molecule is Cc1noc(C)c1COc1ccc(CC(=O)N2CCCN(c3ccc(C(F)(F)F)cn3)CC2)cc1. The molecule has 0 radical (unpaired) electrons. The molecule has 1 aliphatic heterocycles. The number of aryl methyl sites for hydroxylation is 2. The molecule has 2 aromatic heterocycles. The molecule has 0 unspecified atom stereocenters. The normalized spacial score (nSPS) is 14.7. The molecule has 0 spiro atoms. The van der Waals surface area contributed by atoms with E-state index in [2.05, 4.69) is 10.1 Å². The summed E-state index contributed by atoms with van der Waals surface area (Å²) in [5.41, 5.74) is 1.83. The second-order valence-corrected chi connectivity index (χ2v) is 8.54. The van der Waals surface area contributed by atoms with Gasteiger partial charge in [0.1, 0.15) is 23.9 Å². The van der Waals surface area contributed by atoms with E-state index in [9.17, 15) is 18.0 Å². The fraction of sp³-hybridized carbons (Fsp3) is 0.400. The Bertz CT molecular complexity index is 1120. The number of nitrogens with zero attached hydrogens (tertiary/aromatic N) is 4.